The Hall–Kier alpha value is -0.310. The molecule has 1 aromatic heterocycles. The van der Waals surface area contributed by atoms with Crippen molar-refractivity contribution >= 4 is 15.9 Å². The van der Waals surface area contributed by atoms with Gasteiger partial charge in [0.05, 0.1) is 0 Å². The van der Waals surface area contributed by atoms with E-state index in [0.29, 0.717) is 0 Å². The highest BCUT2D eigenvalue weighted by Gasteiger charge is 2.24. The number of aryl methyl sites for hydroxylation is 2. The van der Waals surface area contributed by atoms with Gasteiger partial charge in [0.25, 0.3) is 0 Å². The third-order valence-electron chi connectivity index (χ3n) is 3.23. The van der Waals surface area contributed by atoms with Crippen molar-refractivity contribution in [2.45, 2.75) is 36.9 Å². The van der Waals surface area contributed by atoms with E-state index in [-0.39, 0.29) is 0 Å². The van der Waals surface area contributed by atoms with Gasteiger partial charge in [-0.1, -0.05) is 22.4 Å². The predicted molar refractivity (Wildman–Crippen MR) is 61.6 cm³/mol. The molecule has 1 aliphatic rings. The Kier molecular flexibility index (Phi) is 3.26. The van der Waals surface area contributed by atoms with Gasteiger partial charge in [-0.05, 0) is 25.2 Å². The van der Waals surface area contributed by atoms with Crippen LogP contribution in [0.25, 0.3) is 0 Å². The van der Waals surface area contributed by atoms with E-state index in [9.17, 15) is 0 Å². The summed E-state index contributed by atoms with van der Waals surface area (Å²) in [5, 5.41) is 0. The van der Waals surface area contributed by atoms with Crippen molar-refractivity contribution in [2.24, 2.45) is 13.0 Å². The normalized spacial score (nSPS) is 27.0. The van der Waals surface area contributed by atoms with Crippen molar-refractivity contribution in [1.29, 1.82) is 0 Å². The molecule has 2 nitrogen and oxygen atoms in total. The maximum absolute atomic E-state index is 4.35. The van der Waals surface area contributed by atoms with Crippen LogP contribution in [0.4, 0.5) is 0 Å². The first kappa shape index (κ1) is 10.2. The summed E-state index contributed by atoms with van der Waals surface area (Å²) in [7, 11) is 2.07. The highest BCUT2D eigenvalue weighted by molar-refractivity contribution is 9.09. The molecule has 0 aliphatic heterocycles. The smallest absolute Gasteiger partial charge is 0.108 e. The zero-order chi connectivity index (χ0) is 9.97. The van der Waals surface area contributed by atoms with Crippen LogP contribution in [0, 0.1) is 5.92 Å². The van der Waals surface area contributed by atoms with Crippen molar-refractivity contribution in [2.75, 3.05) is 0 Å². The molecule has 0 aromatic carbocycles. The minimum atomic E-state index is 0.753. The molecule has 0 spiro atoms. The molecule has 3 heteroatoms. The lowest BCUT2D eigenvalue weighted by atomic mass is 10.0. The number of halogens is 1. The van der Waals surface area contributed by atoms with Crippen molar-refractivity contribution < 1.29 is 0 Å². The quantitative estimate of drug-likeness (QED) is 0.761. The van der Waals surface area contributed by atoms with E-state index in [2.05, 4.69) is 32.5 Å². The van der Waals surface area contributed by atoms with Crippen LogP contribution in [0.1, 0.15) is 31.5 Å². The maximum Gasteiger partial charge on any atom is 0.108 e. The third kappa shape index (κ3) is 2.19. The molecular formula is C11H17BrN2. The van der Waals surface area contributed by atoms with Crippen LogP contribution < -0.4 is 0 Å². The van der Waals surface area contributed by atoms with E-state index in [4.69, 9.17) is 0 Å². The first-order chi connectivity index (χ1) is 6.77. The lowest BCUT2D eigenvalue weighted by molar-refractivity contribution is 0.506. The molecule has 0 amide bonds. The molecule has 2 unspecified atom stereocenters. The minimum absolute atomic E-state index is 0.753. The Bertz CT molecular complexity index is 295. The summed E-state index contributed by atoms with van der Waals surface area (Å²) < 4.78 is 2.12. The Labute approximate surface area is 93.9 Å². The molecule has 2 atom stereocenters. The highest BCUT2D eigenvalue weighted by Crippen LogP contribution is 2.34. The molecule has 0 radical (unpaired) electrons. The fraction of sp³-hybridized carbons (Fsp3) is 0.727. The summed E-state index contributed by atoms with van der Waals surface area (Å²) in [4.78, 5) is 5.10. The number of rotatable bonds is 3. The average Bonchev–Trinajstić information content (AvgIpc) is 2.72. The Balaban J connectivity index is 1.85. The number of hydrogen-bond acceptors (Lipinski definition) is 1. The summed E-state index contributed by atoms with van der Waals surface area (Å²) in [5.74, 6) is 2.09. The molecule has 1 aliphatic carbocycles. The topological polar surface area (TPSA) is 17.8 Å². The lowest BCUT2D eigenvalue weighted by Crippen LogP contribution is -2.09. The molecule has 14 heavy (non-hydrogen) atoms. The van der Waals surface area contributed by atoms with Gasteiger partial charge in [-0.25, -0.2) is 4.98 Å². The first-order valence-electron chi connectivity index (χ1n) is 5.37. The molecule has 0 N–H and O–H groups in total. The second-order valence-corrected chi connectivity index (χ2v) is 5.38. The summed E-state index contributed by atoms with van der Waals surface area (Å²) in [6.07, 6.45) is 10.4. The van der Waals surface area contributed by atoms with Crippen LogP contribution in [0.2, 0.25) is 0 Å². The second kappa shape index (κ2) is 4.47. The minimum Gasteiger partial charge on any atom is -0.338 e. The fourth-order valence-electron chi connectivity index (χ4n) is 2.27. The van der Waals surface area contributed by atoms with Crippen molar-refractivity contribution in [3.8, 4) is 0 Å². The van der Waals surface area contributed by atoms with E-state index in [0.717, 1.165) is 17.2 Å². The Morgan fingerprint density at radius 3 is 3.00 bits per heavy atom. The summed E-state index contributed by atoms with van der Waals surface area (Å²) in [6.45, 7) is 0. The average molecular weight is 257 g/mol. The van der Waals surface area contributed by atoms with E-state index in [1.165, 1.54) is 31.5 Å². The number of imidazole rings is 1. The van der Waals surface area contributed by atoms with E-state index in [1.54, 1.807) is 0 Å². The first-order valence-corrected chi connectivity index (χ1v) is 6.29. The van der Waals surface area contributed by atoms with E-state index < -0.39 is 0 Å². The number of nitrogens with zero attached hydrogens (tertiary/aromatic N) is 2. The fourth-order valence-corrected chi connectivity index (χ4v) is 3.12. The van der Waals surface area contributed by atoms with Gasteiger partial charge in [0, 0.05) is 30.7 Å². The Morgan fingerprint density at radius 2 is 2.43 bits per heavy atom. The molecule has 1 heterocycles. The molecule has 1 aromatic rings. The number of hydrogen-bond donors (Lipinski definition) is 0. The molecule has 78 valence electrons. The van der Waals surface area contributed by atoms with Crippen LogP contribution >= 0.6 is 15.9 Å². The second-order valence-electron chi connectivity index (χ2n) is 4.20. The van der Waals surface area contributed by atoms with Crippen LogP contribution in [-0.4, -0.2) is 14.4 Å². The lowest BCUT2D eigenvalue weighted by Gasteiger charge is -2.13. The predicted octanol–water partition coefficient (Wildman–Crippen LogP) is 2.92. The largest absolute Gasteiger partial charge is 0.338 e. The van der Waals surface area contributed by atoms with Gasteiger partial charge in [-0.2, -0.15) is 0 Å². The standard InChI is InChI=1S/C11H17BrN2/c1-14-8-7-13-11(14)6-5-9-3-2-4-10(9)12/h7-10H,2-6H2,1H3. The monoisotopic (exact) mass is 256 g/mol. The van der Waals surface area contributed by atoms with Gasteiger partial charge in [-0.3, -0.25) is 0 Å². The number of alkyl halides is 1. The van der Waals surface area contributed by atoms with Crippen molar-refractivity contribution in [1.82, 2.24) is 9.55 Å². The number of aromatic nitrogens is 2. The van der Waals surface area contributed by atoms with Gasteiger partial charge >= 0.3 is 0 Å². The van der Waals surface area contributed by atoms with Gasteiger partial charge < -0.3 is 4.57 Å². The van der Waals surface area contributed by atoms with Gasteiger partial charge in [0.2, 0.25) is 0 Å². The van der Waals surface area contributed by atoms with Crippen LogP contribution in [0.3, 0.4) is 0 Å². The van der Waals surface area contributed by atoms with Crippen molar-refractivity contribution in [3.05, 3.63) is 18.2 Å². The maximum atomic E-state index is 4.35. The third-order valence-corrected chi connectivity index (χ3v) is 4.43. The molecule has 0 saturated heterocycles. The zero-order valence-electron chi connectivity index (χ0n) is 8.62. The molecular weight excluding hydrogens is 240 g/mol. The summed E-state index contributed by atoms with van der Waals surface area (Å²) in [6, 6.07) is 0. The van der Waals surface area contributed by atoms with Crippen LogP contribution in [0.15, 0.2) is 12.4 Å². The van der Waals surface area contributed by atoms with Gasteiger partial charge in [0.15, 0.2) is 0 Å². The SMILES string of the molecule is Cn1ccnc1CCC1CCCC1Br. The van der Waals surface area contributed by atoms with Crippen LogP contribution in [0.5, 0.6) is 0 Å². The Morgan fingerprint density at radius 1 is 1.57 bits per heavy atom. The van der Waals surface area contributed by atoms with Crippen molar-refractivity contribution in [3.63, 3.8) is 0 Å². The van der Waals surface area contributed by atoms with Gasteiger partial charge in [-0.15, -0.1) is 0 Å². The highest BCUT2D eigenvalue weighted by atomic mass is 79.9. The molecule has 2 rings (SSSR count). The molecule has 1 fully saturated rings. The zero-order valence-corrected chi connectivity index (χ0v) is 10.2. The van der Waals surface area contributed by atoms with E-state index >= 15 is 0 Å². The summed E-state index contributed by atoms with van der Waals surface area (Å²) in [5.41, 5.74) is 0. The molecule has 0 bridgehead atoms. The van der Waals surface area contributed by atoms with Crippen LogP contribution in [-0.2, 0) is 13.5 Å². The summed E-state index contributed by atoms with van der Waals surface area (Å²) >= 11 is 3.76. The van der Waals surface area contributed by atoms with Gasteiger partial charge in [0.1, 0.15) is 5.82 Å². The van der Waals surface area contributed by atoms with E-state index in [1.807, 2.05) is 12.4 Å². The molecule has 1 saturated carbocycles.